The van der Waals surface area contributed by atoms with Gasteiger partial charge in [0.15, 0.2) is 0 Å². The number of fused-ring (bicyclic) bond motifs is 5. The van der Waals surface area contributed by atoms with Crippen LogP contribution < -0.4 is 5.32 Å². The lowest BCUT2D eigenvalue weighted by molar-refractivity contribution is -0.00471. The van der Waals surface area contributed by atoms with Gasteiger partial charge in [0, 0.05) is 6.61 Å². The second kappa shape index (κ2) is 9.09. The predicted molar refractivity (Wildman–Crippen MR) is 146 cm³/mol. The molecule has 2 aromatic rings. The molecule has 0 saturated carbocycles. The average molecular weight is 464 g/mol. The minimum Gasteiger partial charge on any atom is -0.376 e. The highest BCUT2D eigenvalue weighted by atomic mass is 32.3. The summed E-state index contributed by atoms with van der Waals surface area (Å²) in [5.41, 5.74) is 5.75. The van der Waals surface area contributed by atoms with Gasteiger partial charge in [0.25, 0.3) is 0 Å². The van der Waals surface area contributed by atoms with Gasteiger partial charge < -0.3 is 4.74 Å². The Balaban J connectivity index is 0.000000203. The lowest BCUT2D eigenvalue weighted by Gasteiger charge is -2.71. The van der Waals surface area contributed by atoms with Gasteiger partial charge in [0.1, 0.15) is 4.87 Å². The van der Waals surface area contributed by atoms with Crippen molar-refractivity contribution in [2.75, 3.05) is 19.1 Å². The molecule has 0 radical (unpaired) electrons. The number of hydrogen-bond acceptors (Lipinski definition) is 2. The summed E-state index contributed by atoms with van der Waals surface area (Å²) in [4.78, 5) is 0.0385. The van der Waals surface area contributed by atoms with Crippen LogP contribution in [-0.4, -0.2) is 29.6 Å². The molecule has 3 aliphatic rings. The largest absolute Gasteiger partial charge is 0.376 e. The molecule has 0 aromatic heterocycles. The molecule has 2 nitrogen and oxygen atoms in total. The maximum absolute atomic E-state index is 5.58. The summed E-state index contributed by atoms with van der Waals surface area (Å²) in [5, 5.41) is 4.00. The Hall–Kier alpha value is -1.81. The average Bonchev–Trinajstić information content (AvgIpc) is 3.39. The predicted octanol–water partition coefficient (Wildman–Crippen LogP) is 7.74. The molecule has 1 N–H and O–H groups in total. The zero-order valence-electron chi connectivity index (χ0n) is 21.3. The molecule has 1 fully saturated rings. The molecule has 5 rings (SSSR count). The molecule has 2 aromatic carbocycles. The number of rotatable bonds is 5. The van der Waals surface area contributed by atoms with E-state index in [1.807, 2.05) is 0 Å². The topological polar surface area (TPSA) is 21.3 Å². The smallest absolute Gasteiger partial charge is 0.105 e. The van der Waals surface area contributed by atoms with Crippen LogP contribution in [0.5, 0.6) is 0 Å². The Bertz CT molecular complexity index is 986. The van der Waals surface area contributed by atoms with Crippen molar-refractivity contribution in [3.8, 4) is 11.1 Å². The molecule has 1 heterocycles. The highest BCUT2D eigenvalue weighted by molar-refractivity contribution is 8.35. The first-order valence-corrected chi connectivity index (χ1v) is 14.9. The fourth-order valence-electron chi connectivity index (χ4n) is 5.40. The molecular weight excluding hydrogens is 422 g/mol. The van der Waals surface area contributed by atoms with Crippen molar-refractivity contribution in [1.82, 2.24) is 5.32 Å². The summed E-state index contributed by atoms with van der Waals surface area (Å²) >= 11 is 0. The minimum absolute atomic E-state index is 0.0147. The molecule has 33 heavy (non-hydrogen) atoms. The number of nitrogens with one attached hydrogen (secondary N) is 1. The molecule has 0 bridgehead atoms. The molecule has 178 valence electrons. The molecular formula is C30H41NOS. The molecule has 1 aliphatic heterocycles. The fraction of sp³-hybridized carbons (Fsp3) is 0.467. The third-order valence-corrected chi connectivity index (χ3v) is 11.4. The van der Waals surface area contributed by atoms with Gasteiger partial charge in [0.2, 0.25) is 0 Å². The first kappa shape index (κ1) is 24.3. The number of allylic oxidation sites excluding steroid dienone is 2. The van der Waals surface area contributed by atoms with Crippen molar-refractivity contribution in [1.29, 1.82) is 0 Å². The summed E-state index contributed by atoms with van der Waals surface area (Å²) in [6, 6.07) is 17.8. The monoisotopic (exact) mass is 463 g/mol. The number of unbranched alkanes of at least 4 members (excludes halogenated alkanes) is 3. The highest BCUT2D eigenvalue weighted by Gasteiger charge is 2.67. The molecule has 0 atom stereocenters. The van der Waals surface area contributed by atoms with E-state index in [0.29, 0.717) is 0 Å². The van der Waals surface area contributed by atoms with Gasteiger partial charge in [0.05, 0.1) is 10.5 Å². The first-order chi connectivity index (χ1) is 15.7. The Morgan fingerprint density at radius 3 is 1.85 bits per heavy atom. The highest BCUT2D eigenvalue weighted by Crippen LogP contribution is 2.79. The van der Waals surface area contributed by atoms with Gasteiger partial charge in [-0.15, -0.1) is 0 Å². The van der Waals surface area contributed by atoms with Crippen LogP contribution in [-0.2, 0) is 9.61 Å². The number of hydrogen-bond donors (Lipinski definition) is 1. The molecule has 0 amide bonds. The van der Waals surface area contributed by atoms with E-state index in [0.717, 1.165) is 6.61 Å². The third kappa shape index (κ3) is 4.03. The van der Waals surface area contributed by atoms with Crippen molar-refractivity contribution in [3.05, 3.63) is 84.0 Å². The van der Waals surface area contributed by atoms with Crippen molar-refractivity contribution < 1.29 is 4.74 Å². The van der Waals surface area contributed by atoms with E-state index < -0.39 is 10.0 Å². The second-order valence-corrected chi connectivity index (χ2v) is 14.7. The van der Waals surface area contributed by atoms with Gasteiger partial charge >= 0.3 is 0 Å². The third-order valence-electron chi connectivity index (χ3n) is 7.22. The molecule has 1 saturated heterocycles. The van der Waals surface area contributed by atoms with E-state index in [1.54, 1.807) is 0 Å². The van der Waals surface area contributed by atoms with Crippen molar-refractivity contribution in [2.24, 2.45) is 0 Å². The fourth-order valence-corrected chi connectivity index (χ4v) is 8.88. The maximum Gasteiger partial charge on any atom is 0.105 e. The van der Waals surface area contributed by atoms with Gasteiger partial charge in [-0.2, -0.15) is 10.0 Å². The van der Waals surface area contributed by atoms with Crippen molar-refractivity contribution in [3.63, 3.8) is 0 Å². The summed E-state index contributed by atoms with van der Waals surface area (Å²) in [7, 11) is -0.973. The van der Waals surface area contributed by atoms with E-state index in [1.165, 1.54) is 47.9 Å². The summed E-state index contributed by atoms with van der Waals surface area (Å²) < 4.78 is 5.58. The van der Waals surface area contributed by atoms with Gasteiger partial charge in [-0.1, -0.05) is 99.0 Å². The zero-order valence-corrected chi connectivity index (χ0v) is 22.1. The van der Waals surface area contributed by atoms with Crippen LogP contribution in [0.2, 0.25) is 0 Å². The number of benzene rings is 2. The normalized spacial score (nSPS) is 20.7. The minimum atomic E-state index is -0.973. The van der Waals surface area contributed by atoms with Crippen molar-refractivity contribution >= 4 is 10.0 Å². The molecule has 0 unspecified atom stereocenters. The van der Waals surface area contributed by atoms with E-state index in [2.05, 4.69) is 118 Å². The summed E-state index contributed by atoms with van der Waals surface area (Å²) in [5.74, 6) is 0. The lowest BCUT2D eigenvalue weighted by Crippen LogP contribution is -2.71. The van der Waals surface area contributed by atoms with Crippen LogP contribution >= 0.6 is 10.0 Å². The van der Waals surface area contributed by atoms with E-state index in [-0.39, 0.29) is 15.3 Å². The Morgan fingerprint density at radius 2 is 1.36 bits per heavy atom. The van der Waals surface area contributed by atoms with Crippen LogP contribution in [0.1, 0.15) is 64.5 Å². The van der Waals surface area contributed by atoms with Crippen LogP contribution in [0.15, 0.2) is 72.8 Å². The van der Waals surface area contributed by atoms with Crippen molar-refractivity contribution in [2.45, 2.75) is 68.7 Å². The van der Waals surface area contributed by atoms with E-state index in [9.17, 15) is 0 Å². The second-order valence-electron chi connectivity index (χ2n) is 10.8. The SMILES string of the molecule is CCCCCCOC(C)(C)C.CS1(C)C2(C=CC=C2)NC12c1ccccc1-c1ccccc12. The number of ether oxygens (including phenoxy) is 1. The Kier molecular flexibility index (Phi) is 6.70. The maximum atomic E-state index is 5.58. The molecule has 2 aliphatic carbocycles. The molecule has 3 heteroatoms. The van der Waals surface area contributed by atoms with Gasteiger partial charge in [-0.05, 0) is 62.0 Å². The van der Waals surface area contributed by atoms with Crippen LogP contribution in [0.3, 0.4) is 0 Å². The molecule has 2 spiro atoms. The van der Waals surface area contributed by atoms with E-state index in [4.69, 9.17) is 4.74 Å². The van der Waals surface area contributed by atoms with Crippen LogP contribution in [0.25, 0.3) is 11.1 Å². The first-order valence-electron chi connectivity index (χ1n) is 12.4. The summed E-state index contributed by atoms with van der Waals surface area (Å²) in [6.45, 7) is 9.46. The standard InChI is InChI=1S/C20H19NS.C10H22O/c1-22(2)19(13-7-8-14-19)21-20(22)17-11-5-3-9-15(17)16-10-4-6-12-18(16)20;1-5-6-7-8-9-11-10(2,3)4/h3-14,21H,1-2H3;5-9H2,1-4H3. The van der Waals surface area contributed by atoms with Crippen LogP contribution in [0.4, 0.5) is 0 Å². The van der Waals surface area contributed by atoms with Gasteiger partial charge in [-0.3, -0.25) is 5.32 Å². The lowest BCUT2D eigenvalue weighted by atomic mass is 10.0. The van der Waals surface area contributed by atoms with Crippen LogP contribution in [0, 0.1) is 0 Å². The Morgan fingerprint density at radius 1 is 0.818 bits per heavy atom. The Labute approximate surface area is 202 Å². The van der Waals surface area contributed by atoms with E-state index >= 15 is 0 Å². The quantitative estimate of drug-likeness (QED) is 0.458. The zero-order chi connectivity index (χ0) is 23.7. The van der Waals surface area contributed by atoms with Gasteiger partial charge in [-0.25, -0.2) is 0 Å². The summed E-state index contributed by atoms with van der Waals surface area (Å²) in [6.07, 6.45) is 19.2.